The van der Waals surface area contributed by atoms with Crippen LogP contribution < -0.4 is 4.74 Å². The van der Waals surface area contributed by atoms with Crippen molar-refractivity contribution in [3.8, 4) is 11.5 Å². The number of para-hydroxylation sites is 2. The van der Waals surface area contributed by atoms with E-state index < -0.39 is 11.5 Å². The second-order valence-electron chi connectivity index (χ2n) is 9.85. The number of rotatable bonds is 4. The molecule has 5 rings (SSSR count). The van der Waals surface area contributed by atoms with Gasteiger partial charge in [-0.25, -0.2) is 0 Å². The van der Waals surface area contributed by atoms with Gasteiger partial charge in [0.25, 0.3) is 11.8 Å². The van der Waals surface area contributed by atoms with Gasteiger partial charge in [-0.2, -0.15) is 0 Å². The Balaban J connectivity index is 1.28. The minimum Gasteiger partial charge on any atom is -0.457 e. The first kappa shape index (κ1) is 26.8. The summed E-state index contributed by atoms with van der Waals surface area (Å²) in [7, 11) is 0. The Morgan fingerprint density at radius 1 is 0.842 bits per heavy atom. The molecule has 6 nitrogen and oxygen atoms in total. The van der Waals surface area contributed by atoms with Crippen LogP contribution in [0.25, 0.3) is 0 Å². The summed E-state index contributed by atoms with van der Waals surface area (Å²) >= 11 is 18.3. The highest BCUT2D eigenvalue weighted by Crippen LogP contribution is 2.41. The van der Waals surface area contributed by atoms with Crippen LogP contribution in [0.15, 0.2) is 66.7 Å². The lowest BCUT2D eigenvalue weighted by molar-refractivity contribution is -0.0676. The second-order valence-corrected chi connectivity index (χ2v) is 11.0. The van der Waals surface area contributed by atoms with Crippen molar-refractivity contribution in [3.63, 3.8) is 0 Å². The molecule has 1 N–H and O–H groups in total. The van der Waals surface area contributed by atoms with Crippen molar-refractivity contribution >= 4 is 46.6 Å². The van der Waals surface area contributed by atoms with Gasteiger partial charge in [-0.3, -0.25) is 9.59 Å². The van der Waals surface area contributed by atoms with E-state index in [0.29, 0.717) is 68.1 Å². The molecule has 2 amide bonds. The molecule has 1 unspecified atom stereocenters. The SMILES string of the molecule is O=C(c1cc(Cl)c(Cl)c(Cl)c1)N1CCC(O)C2(CCN(C(=O)c3ccccc3Oc3ccccc3)CC2)C1. The predicted molar refractivity (Wildman–Crippen MR) is 149 cm³/mol. The molecule has 0 aliphatic carbocycles. The number of nitrogens with zero attached hydrogens (tertiary/aromatic N) is 2. The van der Waals surface area contributed by atoms with Gasteiger partial charge in [0, 0.05) is 37.2 Å². The summed E-state index contributed by atoms with van der Waals surface area (Å²) in [6.07, 6.45) is 1.05. The number of halogens is 3. The molecule has 0 saturated carbocycles. The number of carbonyl (C=O) groups is 2. The summed E-state index contributed by atoms with van der Waals surface area (Å²) < 4.78 is 6.00. The first-order valence-electron chi connectivity index (χ1n) is 12.5. The maximum Gasteiger partial charge on any atom is 0.257 e. The highest BCUT2D eigenvalue weighted by molar-refractivity contribution is 6.48. The zero-order valence-corrected chi connectivity index (χ0v) is 22.8. The van der Waals surface area contributed by atoms with Crippen LogP contribution in [0.1, 0.15) is 40.0 Å². The van der Waals surface area contributed by atoms with Gasteiger partial charge >= 0.3 is 0 Å². The molecule has 2 saturated heterocycles. The van der Waals surface area contributed by atoms with Crippen LogP contribution in [0.2, 0.25) is 15.1 Å². The number of ether oxygens (including phenoxy) is 1. The summed E-state index contributed by atoms with van der Waals surface area (Å²) in [4.78, 5) is 30.3. The summed E-state index contributed by atoms with van der Waals surface area (Å²) in [6, 6.07) is 19.6. The fourth-order valence-electron chi connectivity index (χ4n) is 5.35. The van der Waals surface area contributed by atoms with Crippen molar-refractivity contribution in [2.75, 3.05) is 26.2 Å². The van der Waals surface area contributed by atoms with Crippen molar-refractivity contribution in [3.05, 3.63) is 92.9 Å². The number of carbonyl (C=O) groups excluding carboxylic acids is 2. The molecule has 198 valence electrons. The maximum absolute atomic E-state index is 13.5. The number of hydrogen-bond donors (Lipinski definition) is 1. The third-order valence-corrected chi connectivity index (χ3v) is 8.73. The van der Waals surface area contributed by atoms with E-state index in [1.54, 1.807) is 21.9 Å². The number of aliphatic hydroxyl groups excluding tert-OH is 1. The first-order valence-corrected chi connectivity index (χ1v) is 13.6. The number of piperidine rings is 2. The molecule has 2 heterocycles. The Bertz CT molecular complexity index is 1320. The van der Waals surface area contributed by atoms with Crippen molar-refractivity contribution in [2.45, 2.75) is 25.4 Å². The third kappa shape index (κ3) is 5.36. The molecule has 2 aliphatic rings. The molecule has 0 radical (unpaired) electrons. The largest absolute Gasteiger partial charge is 0.457 e. The van der Waals surface area contributed by atoms with Crippen molar-refractivity contribution in [1.82, 2.24) is 9.80 Å². The standard InChI is InChI=1S/C29H27Cl3N2O4/c30-22-16-19(17-23(31)26(22)32)27(36)34-13-10-25(35)29(18-34)11-14-33(15-12-29)28(37)21-8-4-5-9-24(21)38-20-6-2-1-3-7-20/h1-9,16-17,25,35H,10-15,18H2. The highest BCUT2D eigenvalue weighted by Gasteiger charge is 2.46. The van der Waals surface area contributed by atoms with Crippen molar-refractivity contribution in [2.24, 2.45) is 5.41 Å². The van der Waals surface area contributed by atoms with Crippen LogP contribution in [0.4, 0.5) is 0 Å². The van der Waals surface area contributed by atoms with E-state index in [0.717, 1.165) is 0 Å². The number of amides is 2. The molecule has 0 bridgehead atoms. The van der Waals surface area contributed by atoms with Crippen LogP contribution in [0.5, 0.6) is 11.5 Å². The molecule has 2 aliphatic heterocycles. The van der Waals surface area contributed by atoms with Crippen molar-refractivity contribution < 1.29 is 19.4 Å². The highest BCUT2D eigenvalue weighted by atomic mass is 35.5. The van der Waals surface area contributed by atoms with Crippen LogP contribution >= 0.6 is 34.8 Å². The lowest BCUT2D eigenvalue weighted by atomic mass is 9.70. The van der Waals surface area contributed by atoms with E-state index in [1.807, 2.05) is 42.5 Å². The van der Waals surface area contributed by atoms with Gasteiger partial charge < -0.3 is 19.6 Å². The Hall–Kier alpha value is -2.77. The van der Waals surface area contributed by atoms with Crippen LogP contribution in [-0.2, 0) is 0 Å². The molecular weight excluding hydrogens is 547 g/mol. The van der Waals surface area contributed by atoms with E-state index in [1.165, 1.54) is 12.1 Å². The fraction of sp³-hybridized carbons (Fsp3) is 0.310. The second kappa shape index (κ2) is 11.1. The Morgan fingerprint density at radius 2 is 1.47 bits per heavy atom. The Morgan fingerprint density at radius 3 is 2.16 bits per heavy atom. The van der Waals surface area contributed by atoms with Crippen LogP contribution in [0.3, 0.4) is 0 Å². The summed E-state index contributed by atoms with van der Waals surface area (Å²) in [5.41, 5.74) is 0.355. The van der Waals surface area contributed by atoms with Crippen LogP contribution in [-0.4, -0.2) is 59.0 Å². The average molecular weight is 574 g/mol. The zero-order valence-electron chi connectivity index (χ0n) is 20.6. The number of benzene rings is 3. The lowest BCUT2D eigenvalue weighted by Gasteiger charge is -2.50. The van der Waals surface area contributed by atoms with Gasteiger partial charge in [0.1, 0.15) is 11.5 Å². The maximum atomic E-state index is 13.5. The minimum absolute atomic E-state index is 0.116. The number of hydrogen-bond acceptors (Lipinski definition) is 4. The van der Waals surface area contributed by atoms with E-state index in [4.69, 9.17) is 39.5 Å². The monoisotopic (exact) mass is 572 g/mol. The van der Waals surface area contributed by atoms with Crippen LogP contribution in [0, 0.1) is 5.41 Å². The molecule has 3 aromatic carbocycles. The van der Waals surface area contributed by atoms with Gasteiger partial charge in [0.05, 0.1) is 26.7 Å². The lowest BCUT2D eigenvalue weighted by Crippen LogP contribution is -2.58. The topological polar surface area (TPSA) is 70.1 Å². The van der Waals surface area contributed by atoms with E-state index in [2.05, 4.69) is 0 Å². The first-order chi connectivity index (χ1) is 18.3. The molecule has 9 heteroatoms. The molecule has 1 spiro atoms. The average Bonchev–Trinajstić information content (AvgIpc) is 2.93. The number of likely N-dealkylation sites (tertiary alicyclic amines) is 2. The minimum atomic E-state index is -0.560. The van der Waals surface area contributed by atoms with E-state index in [9.17, 15) is 14.7 Å². The van der Waals surface area contributed by atoms with Gasteiger partial charge in [0.15, 0.2) is 0 Å². The fourth-order valence-corrected chi connectivity index (χ4v) is 5.94. The molecular formula is C29H27Cl3N2O4. The Kier molecular flexibility index (Phi) is 7.87. The van der Waals surface area contributed by atoms with Gasteiger partial charge in [0.2, 0.25) is 0 Å². The summed E-state index contributed by atoms with van der Waals surface area (Å²) in [5.74, 6) is 0.833. The molecule has 1 atom stereocenters. The van der Waals surface area contributed by atoms with Gasteiger partial charge in [-0.15, -0.1) is 0 Å². The Labute approximate surface area is 236 Å². The molecule has 38 heavy (non-hydrogen) atoms. The molecule has 0 aromatic heterocycles. The van der Waals surface area contributed by atoms with Gasteiger partial charge in [-0.1, -0.05) is 65.1 Å². The summed E-state index contributed by atoms with van der Waals surface area (Å²) in [5, 5.41) is 11.7. The smallest absolute Gasteiger partial charge is 0.257 e. The normalized spacial score (nSPS) is 18.9. The molecule has 3 aromatic rings. The third-order valence-electron chi connectivity index (χ3n) is 7.54. The molecule has 2 fully saturated rings. The van der Waals surface area contributed by atoms with E-state index >= 15 is 0 Å². The predicted octanol–water partition coefficient (Wildman–Crippen LogP) is 6.57. The number of aliphatic hydroxyl groups is 1. The van der Waals surface area contributed by atoms with Crippen molar-refractivity contribution in [1.29, 1.82) is 0 Å². The summed E-state index contributed by atoms with van der Waals surface area (Å²) in [6.45, 7) is 1.75. The van der Waals surface area contributed by atoms with Gasteiger partial charge in [-0.05, 0) is 55.7 Å². The zero-order chi connectivity index (χ0) is 26.9. The quantitative estimate of drug-likeness (QED) is 0.359. The van der Waals surface area contributed by atoms with E-state index in [-0.39, 0.29) is 26.9 Å².